The van der Waals surface area contributed by atoms with E-state index in [1.54, 1.807) is 7.11 Å². The molecule has 2 heteroatoms. The largest absolute Gasteiger partial charge is 0.496 e. The number of ether oxygens (including phenoxy) is 1. The Bertz CT molecular complexity index is 318. The molecule has 2 nitrogen and oxygen atoms in total. The average Bonchev–Trinajstić information content (AvgIpc) is 2.17. The van der Waals surface area contributed by atoms with E-state index in [-0.39, 0.29) is 6.04 Å². The molecule has 1 atom stereocenters. The predicted octanol–water partition coefficient (Wildman–Crippen LogP) is 2.71. The lowest BCUT2D eigenvalue weighted by atomic mass is 9.98. The van der Waals surface area contributed by atoms with Crippen LogP contribution in [-0.4, -0.2) is 13.2 Å². The minimum Gasteiger partial charge on any atom is -0.496 e. The van der Waals surface area contributed by atoms with Crippen LogP contribution in [-0.2, 0) is 6.42 Å². The highest BCUT2D eigenvalue weighted by Crippen LogP contribution is 2.25. The van der Waals surface area contributed by atoms with Gasteiger partial charge in [-0.05, 0) is 36.5 Å². The molecule has 0 saturated carbocycles. The normalized spacial score (nSPS) is 12.9. The molecular formula is C13H21NO. The molecule has 1 aromatic carbocycles. The number of nitrogens with two attached hydrogens (primary N) is 1. The molecule has 0 amide bonds. The third kappa shape index (κ3) is 3.24. The van der Waals surface area contributed by atoms with Gasteiger partial charge in [0.1, 0.15) is 5.75 Å². The molecule has 84 valence electrons. The van der Waals surface area contributed by atoms with Crippen molar-refractivity contribution in [3.63, 3.8) is 0 Å². The van der Waals surface area contributed by atoms with Gasteiger partial charge in [-0.1, -0.05) is 26.0 Å². The lowest BCUT2D eigenvalue weighted by molar-refractivity contribution is 0.407. The fourth-order valence-corrected chi connectivity index (χ4v) is 1.64. The molecule has 15 heavy (non-hydrogen) atoms. The van der Waals surface area contributed by atoms with Gasteiger partial charge in [0.25, 0.3) is 0 Å². The Balaban J connectivity index is 2.98. The molecule has 1 rings (SSSR count). The summed E-state index contributed by atoms with van der Waals surface area (Å²) in [5.41, 5.74) is 8.29. The number of benzene rings is 1. The van der Waals surface area contributed by atoms with E-state index in [4.69, 9.17) is 10.5 Å². The van der Waals surface area contributed by atoms with Gasteiger partial charge in [0, 0.05) is 6.04 Å². The van der Waals surface area contributed by atoms with Gasteiger partial charge >= 0.3 is 0 Å². The highest BCUT2D eigenvalue weighted by Gasteiger charge is 2.08. The lowest BCUT2D eigenvalue weighted by Crippen LogP contribution is -2.18. The zero-order valence-corrected chi connectivity index (χ0v) is 10.1. The molecule has 2 N–H and O–H groups in total. The number of rotatable bonds is 4. The molecule has 0 aliphatic heterocycles. The zero-order valence-electron chi connectivity index (χ0n) is 10.1. The van der Waals surface area contributed by atoms with E-state index in [1.165, 1.54) is 11.1 Å². The molecule has 0 saturated heterocycles. The Hall–Kier alpha value is -1.02. The van der Waals surface area contributed by atoms with Gasteiger partial charge < -0.3 is 10.5 Å². The fourth-order valence-electron chi connectivity index (χ4n) is 1.64. The molecular weight excluding hydrogens is 186 g/mol. The minimum absolute atomic E-state index is 0.170. The van der Waals surface area contributed by atoms with Crippen LogP contribution >= 0.6 is 0 Å². The van der Waals surface area contributed by atoms with Gasteiger partial charge in [0.15, 0.2) is 0 Å². The topological polar surface area (TPSA) is 35.2 Å². The summed E-state index contributed by atoms with van der Waals surface area (Å²) >= 11 is 0. The second-order valence-corrected chi connectivity index (χ2v) is 4.41. The van der Waals surface area contributed by atoms with Crippen LogP contribution in [0.2, 0.25) is 0 Å². The third-order valence-electron chi connectivity index (χ3n) is 2.52. The number of hydrogen-bond donors (Lipinski definition) is 1. The second kappa shape index (κ2) is 5.17. The molecule has 1 unspecified atom stereocenters. The quantitative estimate of drug-likeness (QED) is 0.824. The summed E-state index contributed by atoms with van der Waals surface area (Å²) in [5.74, 6) is 1.49. The first-order valence-electron chi connectivity index (χ1n) is 5.47. The monoisotopic (exact) mass is 207 g/mol. The van der Waals surface area contributed by atoms with Crippen LogP contribution in [0.15, 0.2) is 18.2 Å². The highest BCUT2D eigenvalue weighted by molar-refractivity contribution is 5.39. The zero-order chi connectivity index (χ0) is 11.4. The lowest BCUT2D eigenvalue weighted by Gasteiger charge is -2.13. The maximum absolute atomic E-state index is 5.79. The van der Waals surface area contributed by atoms with Crippen LogP contribution in [0.5, 0.6) is 5.75 Å². The Morgan fingerprint density at radius 3 is 2.40 bits per heavy atom. The van der Waals surface area contributed by atoms with E-state index in [1.807, 2.05) is 6.92 Å². The van der Waals surface area contributed by atoms with Crippen molar-refractivity contribution in [1.82, 2.24) is 0 Å². The molecule has 0 aliphatic rings. The Morgan fingerprint density at radius 2 is 1.93 bits per heavy atom. The highest BCUT2D eigenvalue weighted by atomic mass is 16.5. The third-order valence-corrected chi connectivity index (χ3v) is 2.52. The standard InChI is InChI=1S/C13H21NO/c1-9(2)11-5-6-12(7-10(3)14)13(8-11)15-4/h5-6,8-10H,7,14H2,1-4H3. The first-order chi connectivity index (χ1) is 7.04. The second-order valence-electron chi connectivity index (χ2n) is 4.41. The van der Waals surface area contributed by atoms with Gasteiger partial charge in [0.2, 0.25) is 0 Å². The van der Waals surface area contributed by atoms with Crippen LogP contribution in [0.25, 0.3) is 0 Å². The molecule has 0 fully saturated rings. The van der Waals surface area contributed by atoms with Crippen LogP contribution in [0.1, 0.15) is 37.8 Å². The summed E-state index contributed by atoms with van der Waals surface area (Å²) in [4.78, 5) is 0. The SMILES string of the molecule is COc1cc(C(C)C)ccc1CC(C)N. The van der Waals surface area contributed by atoms with Gasteiger partial charge in [-0.2, -0.15) is 0 Å². The van der Waals surface area contributed by atoms with Crippen LogP contribution in [0.4, 0.5) is 0 Å². The summed E-state index contributed by atoms with van der Waals surface area (Å²) in [6, 6.07) is 6.56. The van der Waals surface area contributed by atoms with E-state index in [9.17, 15) is 0 Å². The van der Waals surface area contributed by atoms with Gasteiger partial charge in [0.05, 0.1) is 7.11 Å². The molecule has 0 aromatic heterocycles. The smallest absolute Gasteiger partial charge is 0.122 e. The van der Waals surface area contributed by atoms with E-state index in [0.717, 1.165) is 12.2 Å². The van der Waals surface area contributed by atoms with Crippen molar-refractivity contribution in [3.05, 3.63) is 29.3 Å². The van der Waals surface area contributed by atoms with Crippen molar-refractivity contribution in [3.8, 4) is 5.75 Å². The molecule has 0 aliphatic carbocycles. The van der Waals surface area contributed by atoms with E-state index < -0.39 is 0 Å². The summed E-state index contributed by atoms with van der Waals surface area (Å²) < 4.78 is 5.38. The van der Waals surface area contributed by atoms with Crippen LogP contribution < -0.4 is 10.5 Å². The minimum atomic E-state index is 0.170. The number of methoxy groups -OCH3 is 1. The first-order valence-corrected chi connectivity index (χ1v) is 5.47. The van der Waals surface area contributed by atoms with Crippen molar-refractivity contribution in [2.45, 2.75) is 39.2 Å². The van der Waals surface area contributed by atoms with E-state index in [0.29, 0.717) is 5.92 Å². The van der Waals surface area contributed by atoms with Gasteiger partial charge in [-0.3, -0.25) is 0 Å². The van der Waals surface area contributed by atoms with E-state index in [2.05, 4.69) is 32.0 Å². The molecule has 1 aromatic rings. The van der Waals surface area contributed by atoms with E-state index >= 15 is 0 Å². The van der Waals surface area contributed by atoms with Crippen molar-refractivity contribution in [2.75, 3.05) is 7.11 Å². The summed E-state index contributed by atoms with van der Waals surface area (Å²) in [5, 5.41) is 0. The summed E-state index contributed by atoms with van der Waals surface area (Å²) in [6.45, 7) is 6.37. The average molecular weight is 207 g/mol. The molecule has 0 bridgehead atoms. The van der Waals surface area contributed by atoms with Crippen LogP contribution in [0, 0.1) is 0 Å². The van der Waals surface area contributed by atoms with Crippen molar-refractivity contribution < 1.29 is 4.74 Å². The maximum Gasteiger partial charge on any atom is 0.122 e. The van der Waals surface area contributed by atoms with Gasteiger partial charge in [-0.15, -0.1) is 0 Å². The predicted molar refractivity (Wildman–Crippen MR) is 64.4 cm³/mol. The maximum atomic E-state index is 5.79. The molecule has 0 heterocycles. The van der Waals surface area contributed by atoms with Crippen molar-refractivity contribution in [2.24, 2.45) is 5.73 Å². The Morgan fingerprint density at radius 1 is 1.27 bits per heavy atom. The summed E-state index contributed by atoms with van der Waals surface area (Å²) in [6.07, 6.45) is 0.863. The fraction of sp³-hybridized carbons (Fsp3) is 0.538. The van der Waals surface area contributed by atoms with Gasteiger partial charge in [-0.25, -0.2) is 0 Å². The molecule has 0 spiro atoms. The first kappa shape index (κ1) is 12.1. The summed E-state index contributed by atoms with van der Waals surface area (Å²) in [7, 11) is 1.71. The van der Waals surface area contributed by atoms with Crippen molar-refractivity contribution in [1.29, 1.82) is 0 Å². The number of hydrogen-bond acceptors (Lipinski definition) is 2. The van der Waals surface area contributed by atoms with Crippen molar-refractivity contribution >= 4 is 0 Å². The Kier molecular flexibility index (Phi) is 4.15. The Labute approximate surface area is 92.4 Å². The van der Waals surface area contributed by atoms with Crippen LogP contribution in [0.3, 0.4) is 0 Å². The molecule has 0 radical (unpaired) electrons.